The second-order valence-electron chi connectivity index (χ2n) is 6.08. The molecular weight excluding hydrogens is 320 g/mol. The number of hydrogen-bond donors (Lipinski definition) is 0. The van der Waals surface area contributed by atoms with E-state index in [0.29, 0.717) is 0 Å². The summed E-state index contributed by atoms with van der Waals surface area (Å²) >= 11 is 0. The molecule has 0 amide bonds. The summed E-state index contributed by atoms with van der Waals surface area (Å²) in [7, 11) is 0. The molecule has 0 radical (unpaired) electrons. The lowest BCUT2D eigenvalue weighted by Crippen LogP contribution is -2.44. The molecule has 0 saturated heterocycles. The van der Waals surface area contributed by atoms with Crippen LogP contribution in [0.25, 0.3) is 0 Å². The van der Waals surface area contributed by atoms with E-state index in [1.165, 1.54) is 6.20 Å². The van der Waals surface area contributed by atoms with E-state index in [0.717, 1.165) is 16.7 Å². The van der Waals surface area contributed by atoms with Crippen LogP contribution in [-0.4, -0.2) is 9.55 Å². The van der Waals surface area contributed by atoms with Crippen LogP contribution in [0, 0.1) is 0 Å². The molecule has 0 bridgehead atoms. The zero-order chi connectivity index (χ0) is 17.8. The summed E-state index contributed by atoms with van der Waals surface area (Å²) in [5.41, 5.74) is 1.94. The standard InChI is InChI=1S/C23H18N2O/c26-22-24-17-10-18-25(22)23(19-11-4-1-5-12-19,20-13-6-2-7-14-20)21-15-8-3-9-16-21/h1-18H. The third kappa shape index (κ3) is 2.54. The van der Waals surface area contributed by atoms with Gasteiger partial charge in [0.05, 0.1) is 0 Å². The van der Waals surface area contributed by atoms with E-state index in [1.807, 2.05) is 60.8 Å². The molecule has 0 fully saturated rings. The highest BCUT2D eigenvalue weighted by Gasteiger charge is 2.39. The number of nitrogens with zero attached hydrogens (tertiary/aromatic N) is 2. The van der Waals surface area contributed by atoms with Gasteiger partial charge in [-0.25, -0.2) is 9.78 Å². The molecular formula is C23H18N2O. The maximum absolute atomic E-state index is 12.8. The van der Waals surface area contributed by atoms with Crippen molar-refractivity contribution >= 4 is 0 Å². The molecule has 4 aromatic rings. The number of hydrogen-bond acceptors (Lipinski definition) is 2. The first-order chi connectivity index (χ1) is 12.8. The molecule has 3 nitrogen and oxygen atoms in total. The number of benzene rings is 3. The fraction of sp³-hybridized carbons (Fsp3) is 0.0435. The van der Waals surface area contributed by atoms with Crippen molar-refractivity contribution in [3.8, 4) is 0 Å². The number of aromatic nitrogens is 2. The van der Waals surface area contributed by atoms with Crippen LogP contribution >= 0.6 is 0 Å². The van der Waals surface area contributed by atoms with E-state index in [2.05, 4.69) is 41.4 Å². The highest BCUT2D eigenvalue weighted by atomic mass is 16.1. The third-order valence-electron chi connectivity index (χ3n) is 4.65. The lowest BCUT2D eigenvalue weighted by atomic mass is 9.76. The lowest BCUT2D eigenvalue weighted by Gasteiger charge is -2.37. The first-order valence-electron chi connectivity index (χ1n) is 8.54. The van der Waals surface area contributed by atoms with Crippen molar-refractivity contribution in [3.05, 3.63) is 137 Å². The molecule has 0 unspecified atom stereocenters. The summed E-state index contributed by atoms with van der Waals surface area (Å²) in [6.07, 6.45) is 3.34. The van der Waals surface area contributed by atoms with Gasteiger partial charge in [-0.05, 0) is 22.8 Å². The minimum absolute atomic E-state index is 0.288. The molecule has 126 valence electrons. The van der Waals surface area contributed by atoms with Crippen LogP contribution in [0.5, 0.6) is 0 Å². The van der Waals surface area contributed by atoms with Crippen molar-refractivity contribution in [2.24, 2.45) is 0 Å². The number of rotatable bonds is 4. The minimum atomic E-state index is -0.797. The quantitative estimate of drug-likeness (QED) is 0.526. The van der Waals surface area contributed by atoms with Crippen molar-refractivity contribution in [2.45, 2.75) is 5.54 Å². The van der Waals surface area contributed by atoms with Gasteiger partial charge < -0.3 is 0 Å². The van der Waals surface area contributed by atoms with Crippen LogP contribution < -0.4 is 5.69 Å². The van der Waals surface area contributed by atoms with Gasteiger partial charge in [0.15, 0.2) is 0 Å². The summed E-state index contributed by atoms with van der Waals surface area (Å²) in [5.74, 6) is 0. The summed E-state index contributed by atoms with van der Waals surface area (Å²) in [4.78, 5) is 16.9. The largest absolute Gasteiger partial charge is 0.348 e. The van der Waals surface area contributed by atoms with E-state index < -0.39 is 5.54 Å². The molecule has 3 heteroatoms. The van der Waals surface area contributed by atoms with E-state index in [1.54, 1.807) is 10.6 Å². The van der Waals surface area contributed by atoms with Crippen molar-refractivity contribution in [2.75, 3.05) is 0 Å². The summed E-state index contributed by atoms with van der Waals surface area (Å²) in [6.45, 7) is 0. The average molecular weight is 338 g/mol. The Bertz CT molecular complexity index is 945. The van der Waals surface area contributed by atoms with Gasteiger partial charge in [-0.2, -0.15) is 0 Å². The zero-order valence-corrected chi connectivity index (χ0v) is 14.2. The molecule has 1 aromatic heterocycles. The van der Waals surface area contributed by atoms with Crippen molar-refractivity contribution in [1.82, 2.24) is 9.55 Å². The second kappa shape index (κ2) is 6.81. The third-order valence-corrected chi connectivity index (χ3v) is 4.65. The Morgan fingerprint density at radius 2 is 1.04 bits per heavy atom. The van der Waals surface area contributed by atoms with Crippen LogP contribution in [0.15, 0.2) is 114 Å². The normalized spacial score (nSPS) is 11.2. The summed E-state index contributed by atoms with van der Waals surface area (Å²) < 4.78 is 1.72. The minimum Gasteiger partial charge on any atom is -0.281 e. The van der Waals surface area contributed by atoms with E-state index in [4.69, 9.17) is 0 Å². The molecule has 0 aliphatic rings. The predicted molar refractivity (Wildman–Crippen MR) is 103 cm³/mol. The fourth-order valence-corrected chi connectivity index (χ4v) is 3.57. The van der Waals surface area contributed by atoms with Gasteiger partial charge in [-0.3, -0.25) is 4.57 Å². The maximum atomic E-state index is 12.8. The van der Waals surface area contributed by atoms with Crippen LogP contribution in [0.3, 0.4) is 0 Å². The molecule has 1 heterocycles. The molecule has 26 heavy (non-hydrogen) atoms. The van der Waals surface area contributed by atoms with Gasteiger partial charge in [-0.1, -0.05) is 91.0 Å². The van der Waals surface area contributed by atoms with E-state index in [-0.39, 0.29) is 5.69 Å². The molecule has 0 atom stereocenters. The van der Waals surface area contributed by atoms with Crippen LogP contribution in [0.1, 0.15) is 16.7 Å². The van der Waals surface area contributed by atoms with Crippen molar-refractivity contribution in [1.29, 1.82) is 0 Å². The predicted octanol–water partition coefficient (Wildman–Crippen LogP) is 4.08. The van der Waals surface area contributed by atoms with Gasteiger partial charge in [0.2, 0.25) is 0 Å². The highest BCUT2D eigenvalue weighted by molar-refractivity contribution is 5.50. The van der Waals surface area contributed by atoms with Crippen LogP contribution in [0.4, 0.5) is 0 Å². The fourth-order valence-electron chi connectivity index (χ4n) is 3.57. The Morgan fingerprint density at radius 1 is 0.615 bits per heavy atom. The average Bonchev–Trinajstić information content (AvgIpc) is 2.72. The molecule has 0 aliphatic heterocycles. The Balaban J connectivity index is 2.19. The maximum Gasteiger partial charge on any atom is 0.348 e. The van der Waals surface area contributed by atoms with Gasteiger partial charge in [0.1, 0.15) is 5.54 Å². The highest BCUT2D eigenvalue weighted by Crippen LogP contribution is 2.39. The molecule has 0 saturated carbocycles. The van der Waals surface area contributed by atoms with Gasteiger partial charge in [-0.15, -0.1) is 0 Å². The SMILES string of the molecule is O=c1ncccn1C(c1ccccc1)(c1ccccc1)c1ccccc1. The zero-order valence-electron chi connectivity index (χ0n) is 14.2. The first-order valence-corrected chi connectivity index (χ1v) is 8.54. The Kier molecular flexibility index (Phi) is 4.20. The van der Waals surface area contributed by atoms with Crippen LogP contribution in [0.2, 0.25) is 0 Å². The summed E-state index contributed by atoms with van der Waals surface area (Å²) in [5, 5.41) is 0. The Morgan fingerprint density at radius 3 is 1.42 bits per heavy atom. The first kappa shape index (κ1) is 16.0. The monoisotopic (exact) mass is 338 g/mol. The molecule has 0 aliphatic carbocycles. The Hall–Kier alpha value is -3.46. The topological polar surface area (TPSA) is 34.9 Å². The van der Waals surface area contributed by atoms with E-state index >= 15 is 0 Å². The van der Waals surface area contributed by atoms with Crippen molar-refractivity contribution in [3.63, 3.8) is 0 Å². The smallest absolute Gasteiger partial charge is 0.281 e. The van der Waals surface area contributed by atoms with Gasteiger partial charge in [0.25, 0.3) is 0 Å². The Labute approximate surface area is 152 Å². The molecule has 3 aromatic carbocycles. The van der Waals surface area contributed by atoms with Gasteiger partial charge in [0, 0.05) is 12.4 Å². The molecule has 4 rings (SSSR count). The molecule has 0 spiro atoms. The molecule has 0 N–H and O–H groups in total. The summed E-state index contributed by atoms with van der Waals surface area (Å²) in [6, 6.07) is 32.1. The van der Waals surface area contributed by atoms with Crippen molar-refractivity contribution < 1.29 is 0 Å². The van der Waals surface area contributed by atoms with Crippen LogP contribution in [-0.2, 0) is 5.54 Å². The van der Waals surface area contributed by atoms with Gasteiger partial charge >= 0.3 is 5.69 Å². The van der Waals surface area contributed by atoms with E-state index in [9.17, 15) is 4.79 Å². The lowest BCUT2D eigenvalue weighted by molar-refractivity contribution is 0.487. The second-order valence-corrected chi connectivity index (χ2v) is 6.08.